The molecule has 11 heteroatoms. The van der Waals surface area contributed by atoms with E-state index in [2.05, 4.69) is 25.0 Å². The highest BCUT2D eigenvalue weighted by atomic mass is 32.2. The SMILES string of the molecule is CCC(=O)Nc1nnc(S(=O)(=O)Nc2cccc(C(=O)OC)c2)s1. The van der Waals surface area contributed by atoms with E-state index in [0.29, 0.717) is 0 Å². The minimum atomic E-state index is -3.99. The number of ether oxygens (including phenoxy) is 1. The van der Waals surface area contributed by atoms with Gasteiger partial charge >= 0.3 is 5.97 Å². The third kappa shape index (κ3) is 4.26. The van der Waals surface area contributed by atoms with Gasteiger partial charge in [-0.1, -0.05) is 24.3 Å². The molecule has 2 aromatic rings. The first kappa shape index (κ1) is 17.8. The van der Waals surface area contributed by atoms with Gasteiger partial charge in [-0.2, -0.15) is 8.42 Å². The molecule has 0 atom stereocenters. The standard InChI is InChI=1S/C13H14N4O5S2/c1-3-10(18)14-12-15-16-13(23-12)24(20,21)17-9-6-4-5-8(7-9)11(19)22-2/h4-7,17H,3H2,1-2H3,(H,14,15,18). The van der Waals surface area contributed by atoms with Crippen LogP contribution in [0.15, 0.2) is 28.6 Å². The molecule has 2 rings (SSSR count). The number of anilines is 2. The highest BCUT2D eigenvalue weighted by Gasteiger charge is 2.21. The zero-order valence-corrected chi connectivity index (χ0v) is 14.4. The molecule has 0 fully saturated rings. The van der Waals surface area contributed by atoms with Gasteiger partial charge in [0.25, 0.3) is 14.4 Å². The number of hydrogen-bond acceptors (Lipinski definition) is 8. The third-order valence-electron chi connectivity index (χ3n) is 2.74. The average molecular weight is 370 g/mol. The summed E-state index contributed by atoms with van der Waals surface area (Å²) in [5, 5.41) is 9.69. The number of nitrogens with zero attached hydrogens (tertiary/aromatic N) is 2. The summed E-state index contributed by atoms with van der Waals surface area (Å²) in [7, 11) is -2.76. The number of nitrogens with one attached hydrogen (secondary N) is 2. The number of esters is 1. The van der Waals surface area contributed by atoms with Crippen molar-refractivity contribution < 1.29 is 22.7 Å². The quantitative estimate of drug-likeness (QED) is 0.582. The van der Waals surface area contributed by atoms with Gasteiger partial charge in [0.1, 0.15) is 0 Å². The second-order valence-corrected chi connectivity index (χ2v) is 7.29. The molecule has 0 saturated heterocycles. The van der Waals surface area contributed by atoms with Gasteiger partial charge in [0, 0.05) is 12.1 Å². The molecule has 0 aliphatic heterocycles. The van der Waals surface area contributed by atoms with E-state index in [-0.39, 0.29) is 33.1 Å². The number of hydrogen-bond donors (Lipinski definition) is 2. The number of carbonyl (C=O) groups is 2. The van der Waals surface area contributed by atoms with Gasteiger partial charge in [0.2, 0.25) is 11.0 Å². The first-order valence-electron chi connectivity index (χ1n) is 6.70. The monoisotopic (exact) mass is 370 g/mol. The second-order valence-electron chi connectivity index (χ2n) is 4.45. The van der Waals surface area contributed by atoms with Crippen LogP contribution in [0.2, 0.25) is 0 Å². The van der Waals surface area contributed by atoms with Crippen LogP contribution in [0, 0.1) is 0 Å². The fourth-order valence-corrected chi connectivity index (χ4v) is 3.57. The van der Waals surface area contributed by atoms with E-state index in [4.69, 9.17) is 0 Å². The minimum absolute atomic E-state index is 0.0885. The Labute approximate surface area is 142 Å². The maximum Gasteiger partial charge on any atom is 0.337 e. The van der Waals surface area contributed by atoms with Gasteiger partial charge in [0.15, 0.2) is 0 Å². The molecule has 24 heavy (non-hydrogen) atoms. The van der Waals surface area contributed by atoms with Crippen LogP contribution >= 0.6 is 11.3 Å². The van der Waals surface area contributed by atoms with Crippen molar-refractivity contribution in [2.24, 2.45) is 0 Å². The lowest BCUT2D eigenvalue weighted by Gasteiger charge is -2.06. The predicted octanol–water partition coefficient (Wildman–Crippen LogP) is 1.47. The van der Waals surface area contributed by atoms with Crippen molar-refractivity contribution in [3.8, 4) is 0 Å². The first-order chi connectivity index (χ1) is 11.4. The summed E-state index contributed by atoms with van der Waals surface area (Å²) in [6.07, 6.45) is 0.236. The zero-order valence-electron chi connectivity index (χ0n) is 12.8. The van der Waals surface area contributed by atoms with E-state index >= 15 is 0 Å². The lowest BCUT2D eigenvalue weighted by Crippen LogP contribution is -2.13. The van der Waals surface area contributed by atoms with Crippen LogP contribution in [0.25, 0.3) is 0 Å². The van der Waals surface area contributed by atoms with Crippen LogP contribution in [0.3, 0.4) is 0 Å². The van der Waals surface area contributed by atoms with Gasteiger partial charge < -0.3 is 10.1 Å². The van der Waals surface area contributed by atoms with E-state index in [0.717, 1.165) is 11.3 Å². The number of rotatable bonds is 6. The number of carbonyl (C=O) groups excluding carboxylic acids is 2. The van der Waals surface area contributed by atoms with Gasteiger partial charge in [-0.25, -0.2) is 4.79 Å². The molecule has 0 aliphatic rings. The normalized spacial score (nSPS) is 10.9. The lowest BCUT2D eigenvalue weighted by molar-refractivity contribution is -0.115. The molecule has 128 valence electrons. The smallest absolute Gasteiger partial charge is 0.337 e. The van der Waals surface area contributed by atoms with Crippen molar-refractivity contribution in [3.63, 3.8) is 0 Å². The molecule has 0 saturated carbocycles. The van der Waals surface area contributed by atoms with Crippen LogP contribution in [-0.2, 0) is 19.6 Å². The van der Waals surface area contributed by atoms with E-state index in [1.54, 1.807) is 6.92 Å². The third-order valence-corrected chi connectivity index (χ3v) is 5.33. The van der Waals surface area contributed by atoms with Crippen LogP contribution in [-0.4, -0.2) is 37.6 Å². The van der Waals surface area contributed by atoms with Gasteiger partial charge in [-0.15, -0.1) is 10.2 Å². The van der Waals surface area contributed by atoms with Gasteiger partial charge in [-0.3, -0.25) is 9.52 Å². The molecule has 0 spiro atoms. The first-order valence-corrected chi connectivity index (χ1v) is 9.00. The van der Waals surface area contributed by atoms with Crippen molar-refractivity contribution in [2.75, 3.05) is 17.1 Å². The highest BCUT2D eigenvalue weighted by Crippen LogP contribution is 2.23. The van der Waals surface area contributed by atoms with Crippen LogP contribution in [0.4, 0.5) is 10.8 Å². The largest absolute Gasteiger partial charge is 0.465 e. The summed E-state index contributed by atoms with van der Waals surface area (Å²) >= 11 is 0.722. The van der Waals surface area contributed by atoms with Crippen LogP contribution in [0.1, 0.15) is 23.7 Å². The van der Waals surface area contributed by atoms with Crippen molar-refractivity contribution in [3.05, 3.63) is 29.8 Å². The van der Waals surface area contributed by atoms with Crippen molar-refractivity contribution in [1.29, 1.82) is 0 Å². The molecule has 1 heterocycles. The van der Waals surface area contributed by atoms with E-state index in [1.807, 2.05) is 0 Å². The van der Waals surface area contributed by atoms with Crippen molar-refractivity contribution in [1.82, 2.24) is 10.2 Å². The summed E-state index contributed by atoms with van der Waals surface area (Å²) in [4.78, 5) is 22.8. The van der Waals surface area contributed by atoms with Gasteiger partial charge in [0.05, 0.1) is 12.7 Å². The average Bonchev–Trinajstić information content (AvgIpc) is 3.03. The summed E-state index contributed by atoms with van der Waals surface area (Å²) in [6, 6.07) is 5.82. The second kappa shape index (κ2) is 7.36. The number of benzene rings is 1. The van der Waals surface area contributed by atoms with Crippen molar-refractivity contribution >= 4 is 44.1 Å². The molecule has 0 radical (unpaired) electrons. The fraction of sp³-hybridized carbons (Fsp3) is 0.231. The molecular weight excluding hydrogens is 356 g/mol. The summed E-state index contributed by atoms with van der Waals surface area (Å²) < 4.78 is 31.1. The molecular formula is C13H14N4O5S2. The Morgan fingerprint density at radius 3 is 2.71 bits per heavy atom. The predicted molar refractivity (Wildman–Crippen MR) is 87.4 cm³/mol. The number of sulfonamides is 1. The topological polar surface area (TPSA) is 127 Å². The molecule has 2 N–H and O–H groups in total. The van der Waals surface area contributed by atoms with Gasteiger partial charge in [-0.05, 0) is 18.2 Å². The molecule has 1 amide bonds. The summed E-state index contributed by atoms with van der Waals surface area (Å²) in [5.41, 5.74) is 0.373. The summed E-state index contributed by atoms with van der Waals surface area (Å²) in [5.74, 6) is -0.884. The molecule has 9 nitrogen and oxygen atoms in total. The summed E-state index contributed by atoms with van der Waals surface area (Å²) in [6.45, 7) is 1.66. The molecule has 0 aliphatic carbocycles. The zero-order chi connectivity index (χ0) is 17.7. The Kier molecular flexibility index (Phi) is 5.46. The molecule has 1 aromatic heterocycles. The van der Waals surface area contributed by atoms with Crippen LogP contribution in [0.5, 0.6) is 0 Å². The lowest BCUT2D eigenvalue weighted by atomic mass is 10.2. The molecule has 0 unspecified atom stereocenters. The van der Waals surface area contributed by atoms with E-state index in [1.165, 1.54) is 31.4 Å². The Balaban J connectivity index is 2.20. The van der Waals surface area contributed by atoms with Crippen LogP contribution < -0.4 is 10.0 Å². The Bertz CT molecular complexity index is 863. The maximum atomic E-state index is 12.3. The molecule has 1 aromatic carbocycles. The van der Waals surface area contributed by atoms with E-state index < -0.39 is 16.0 Å². The number of amides is 1. The minimum Gasteiger partial charge on any atom is -0.465 e. The van der Waals surface area contributed by atoms with E-state index in [9.17, 15) is 18.0 Å². The fourth-order valence-electron chi connectivity index (χ4n) is 1.60. The number of methoxy groups -OCH3 is 1. The maximum absolute atomic E-state index is 12.3. The Morgan fingerprint density at radius 2 is 2.04 bits per heavy atom. The highest BCUT2D eigenvalue weighted by molar-refractivity contribution is 7.94. The molecule has 0 bridgehead atoms. The Morgan fingerprint density at radius 1 is 1.29 bits per heavy atom. The Hall–Kier alpha value is -2.53. The number of aromatic nitrogens is 2. The van der Waals surface area contributed by atoms with Crippen molar-refractivity contribution in [2.45, 2.75) is 17.7 Å².